The highest BCUT2D eigenvalue weighted by Gasteiger charge is 2.26. The number of hydrazine groups is 1. The molecule has 1 aliphatic rings. The Morgan fingerprint density at radius 3 is 2.41 bits per heavy atom. The summed E-state index contributed by atoms with van der Waals surface area (Å²) in [4.78, 5) is 17.1. The first-order chi connectivity index (χ1) is 15.3. The first-order valence-electron chi connectivity index (χ1n) is 10.3. The molecule has 2 aromatic carbocycles. The van der Waals surface area contributed by atoms with E-state index in [9.17, 15) is 13.2 Å². The molecule has 3 aromatic rings. The Morgan fingerprint density at radius 1 is 1.09 bits per heavy atom. The molecule has 1 aliphatic heterocycles. The average molecular weight is 472 g/mol. The fourth-order valence-electron chi connectivity index (χ4n) is 3.68. The topological polar surface area (TPSA) is 95.0 Å². The molecule has 1 aromatic heterocycles. The lowest BCUT2D eigenvalue weighted by Gasteiger charge is -2.33. The van der Waals surface area contributed by atoms with Crippen LogP contribution in [0.2, 0.25) is 6.55 Å². The van der Waals surface area contributed by atoms with Crippen molar-refractivity contribution in [3.05, 3.63) is 48.7 Å². The van der Waals surface area contributed by atoms with Crippen molar-refractivity contribution in [1.82, 2.24) is 14.9 Å². The molecule has 0 atom stereocenters. The molecule has 2 heterocycles. The standard InChI is InChI=1S/C22H27N4O4SSi/c1-25-10-12-26(13-11-25)24-22-19-14-18(32(3)29)8-9-20(19)23-15-21(22)31(27,28)17-6-4-16(30-2)5-7-17/h4-9,14-15,29H,10-13H2,1-3H3,(H,23,24). The van der Waals surface area contributed by atoms with Gasteiger partial charge in [0.15, 0.2) is 0 Å². The maximum absolute atomic E-state index is 13.6. The van der Waals surface area contributed by atoms with E-state index in [2.05, 4.69) is 22.4 Å². The van der Waals surface area contributed by atoms with Gasteiger partial charge in [0.1, 0.15) is 10.6 Å². The fraction of sp³-hybridized carbons (Fsp3) is 0.318. The van der Waals surface area contributed by atoms with Crippen LogP contribution in [0, 0.1) is 0 Å². The molecule has 0 unspecified atom stereocenters. The zero-order chi connectivity index (χ0) is 22.9. The Hall–Kier alpha value is -2.50. The maximum atomic E-state index is 13.6. The van der Waals surface area contributed by atoms with E-state index in [1.165, 1.54) is 25.4 Å². The number of likely N-dealkylation sites (N-methyl/N-ethyl adjacent to an activating group) is 1. The number of fused-ring (bicyclic) bond motifs is 1. The van der Waals surface area contributed by atoms with Crippen LogP contribution in [-0.2, 0) is 9.84 Å². The zero-order valence-electron chi connectivity index (χ0n) is 18.4. The number of aromatic nitrogens is 1. The van der Waals surface area contributed by atoms with E-state index in [1.54, 1.807) is 18.7 Å². The predicted molar refractivity (Wildman–Crippen MR) is 126 cm³/mol. The average Bonchev–Trinajstić information content (AvgIpc) is 2.80. The molecule has 8 nitrogen and oxygen atoms in total. The van der Waals surface area contributed by atoms with Crippen molar-refractivity contribution in [1.29, 1.82) is 0 Å². The number of nitrogens with zero attached hydrogens (tertiary/aromatic N) is 3. The number of rotatable bonds is 6. The molecule has 0 spiro atoms. The molecule has 32 heavy (non-hydrogen) atoms. The fourth-order valence-corrected chi connectivity index (χ4v) is 5.72. The van der Waals surface area contributed by atoms with Gasteiger partial charge in [0.25, 0.3) is 0 Å². The summed E-state index contributed by atoms with van der Waals surface area (Å²) in [5, 5.41) is 3.50. The van der Waals surface area contributed by atoms with Gasteiger partial charge in [0.05, 0.1) is 23.2 Å². The molecule has 2 N–H and O–H groups in total. The van der Waals surface area contributed by atoms with Gasteiger partial charge in [-0.25, -0.2) is 13.4 Å². The smallest absolute Gasteiger partial charge is 0.239 e. The predicted octanol–water partition coefficient (Wildman–Crippen LogP) is 1.47. The van der Waals surface area contributed by atoms with E-state index in [0.29, 0.717) is 22.3 Å². The highest BCUT2D eigenvalue weighted by Crippen LogP contribution is 2.33. The third-order valence-corrected chi connectivity index (χ3v) is 8.61. The van der Waals surface area contributed by atoms with Crippen molar-refractivity contribution in [2.75, 3.05) is 45.8 Å². The van der Waals surface area contributed by atoms with Crippen LogP contribution >= 0.6 is 0 Å². The van der Waals surface area contributed by atoms with Crippen molar-refractivity contribution in [2.24, 2.45) is 0 Å². The van der Waals surface area contributed by atoms with Crippen molar-refractivity contribution in [2.45, 2.75) is 16.3 Å². The molecule has 169 valence electrons. The Morgan fingerprint density at radius 2 is 1.78 bits per heavy atom. The summed E-state index contributed by atoms with van der Waals surface area (Å²) < 4.78 is 32.4. The van der Waals surface area contributed by atoms with Crippen LogP contribution in [0.3, 0.4) is 0 Å². The largest absolute Gasteiger partial charge is 0.497 e. The van der Waals surface area contributed by atoms with Gasteiger partial charge in [0, 0.05) is 37.8 Å². The van der Waals surface area contributed by atoms with Crippen LogP contribution in [-0.4, -0.2) is 77.5 Å². The third kappa shape index (κ3) is 4.50. The summed E-state index contributed by atoms with van der Waals surface area (Å²) in [5.74, 6) is 0.585. The number of hydrogen-bond donors (Lipinski definition) is 2. The molecular formula is C22H27N4O4SSi. The first kappa shape index (κ1) is 22.7. The van der Waals surface area contributed by atoms with E-state index in [1.807, 2.05) is 23.2 Å². The minimum absolute atomic E-state index is 0.106. The Labute approximate surface area is 190 Å². The van der Waals surface area contributed by atoms with E-state index in [4.69, 9.17) is 4.74 Å². The highest BCUT2D eigenvalue weighted by atomic mass is 32.2. The molecular weight excluding hydrogens is 444 g/mol. The third-order valence-electron chi connectivity index (χ3n) is 5.68. The Kier molecular flexibility index (Phi) is 6.49. The van der Waals surface area contributed by atoms with Crippen LogP contribution in [0.15, 0.2) is 58.5 Å². The van der Waals surface area contributed by atoms with Crippen LogP contribution < -0.4 is 15.3 Å². The highest BCUT2D eigenvalue weighted by molar-refractivity contribution is 7.91. The molecule has 1 radical (unpaired) electrons. The quantitative estimate of drug-likeness (QED) is 0.522. The van der Waals surface area contributed by atoms with Crippen molar-refractivity contribution >= 4 is 40.7 Å². The second-order valence-electron chi connectivity index (χ2n) is 7.90. The van der Waals surface area contributed by atoms with Gasteiger partial charge in [0.2, 0.25) is 18.9 Å². The molecule has 1 saturated heterocycles. The molecule has 1 fully saturated rings. The Bertz CT molecular complexity index is 1210. The van der Waals surface area contributed by atoms with Crippen molar-refractivity contribution in [3.8, 4) is 5.75 Å². The minimum Gasteiger partial charge on any atom is -0.497 e. The Balaban J connectivity index is 1.86. The van der Waals surface area contributed by atoms with Gasteiger partial charge in [-0.15, -0.1) is 0 Å². The maximum Gasteiger partial charge on any atom is 0.239 e. The molecule has 0 saturated carbocycles. The van der Waals surface area contributed by atoms with E-state index in [-0.39, 0.29) is 9.79 Å². The summed E-state index contributed by atoms with van der Waals surface area (Å²) in [6, 6.07) is 11.9. The van der Waals surface area contributed by atoms with Gasteiger partial charge >= 0.3 is 0 Å². The van der Waals surface area contributed by atoms with Crippen LogP contribution in [0.4, 0.5) is 5.69 Å². The minimum atomic E-state index is -3.85. The van der Waals surface area contributed by atoms with E-state index >= 15 is 0 Å². The second-order valence-corrected chi connectivity index (χ2v) is 11.6. The van der Waals surface area contributed by atoms with Crippen LogP contribution in [0.5, 0.6) is 5.75 Å². The number of nitrogens with one attached hydrogen (secondary N) is 1. The zero-order valence-corrected chi connectivity index (χ0v) is 20.2. The van der Waals surface area contributed by atoms with Gasteiger partial charge in [-0.05, 0) is 55.2 Å². The second kappa shape index (κ2) is 9.16. The monoisotopic (exact) mass is 471 g/mol. The van der Waals surface area contributed by atoms with Gasteiger partial charge in [-0.1, -0.05) is 6.07 Å². The summed E-state index contributed by atoms with van der Waals surface area (Å²) in [7, 11) is -1.95. The number of pyridine rings is 1. The molecule has 4 rings (SSSR count). The molecule has 0 bridgehead atoms. The molecule has 0 aliphatic carbocycles. The summed E-state index contributed by atoms with van der Waals surface area (Å²) in [6.07, 6.45) is 1.41. The van der Waals surface area contributed by atoms with Crippen molar-refractivity contribution in [3.63, 3.8) is 0 Å². The van der Waals surface area contributed by atoms with Gasteiger partial charge < -0.3 is 19.9 Å². The van der Waals surface area contributed by atoms with Crippen LogP contribution in [0.25, 0.3) is 10.9 Å². The first-order valence-corrected chi connectivity index (χ1v) is 13.8. The number of sulfone groups is 1. The SMILES string of the molecule is COc1ccc(S(=O)(=O)c2cnc3ccc([Si](C)O)cc3c2NN2CCN(C)CC2)cc1. The molecule has 0 amide bonds. The lowest BCUT2D eigenvalue weighted by molar-refractivity contribution is 0.179. The number of benzene rings is 2. The van der Waals surface area contributed by atoms with Gasteiger partial charge in [-0.3, -0.25) is 4.98 Å². The number of anilines is 1. The van der Waals surface area contributed by atoms with E-state index < -0.39 is 18.9 Å². The summed E-state index contributed by atoms with van der Waals surface area (Å²) in [6.45, 7) is 5.04. The number of methoxy groups -OCH3 is 1. The van der Waals surface area contributed by atoms with E-state index in [0.717, 1.165) is 31.4 Å². The van der Waals surface area contributed by atoms with Crippen molar-refractivity contribution < 1.29 is 18.0 Å². The summed E-state index contributed by atoms with van der Waals surface area (Å²) >= 11 is 0. The molecule has 10 heteroatoms. The number of hydrogen-bond acceptors (Lipinski definition) is 8. The van der Waals surface area contributed by atoms with Gasteiger partial charge in [-0.2, -0.15) is 0 Å². The number of piperazine rings is 1. The lowest BCUT2D eigenvalue weighted by Crippen LogP contribution is -2.47. The lowest BCUT2D eigenvalue weighted by atomic mass is 10.2. The normalized spacial score (nSPS) is 15.9. The van der Waals surface area contributed by atoms with Crippen LogP contribution in [0.1, 0.15) is 0 Å². The number of ether oxygens (including phenoxy) is 1. The summed E-state index contributed by atoms with van der Waals surface area (Å²) in [5.41, 5.74) is 4.53.